The van der Waals surface area contributed by atoms with Crippen LogP contribution in [0.25, 0.3) is 0 Å². The Kier molecular flexibility index (Phi) is 5.57. The Morgan fingerprint density at radius 2 is 2.05 bits per heavy atom. The van der Waals surface area contributed by atoms with Gasteiger partial charge < -0.3 is 15.2 Å². The maximum absolute atomic E-state index is 12.1. The molecule has 0 radical (unpaired) electrons. The Morgan fingerprint density at radius 1 is 1.38 bits per heavy atom. The Balaban J connectivity index is 2.66. The van der Waals surface area contributed by atoms with Crippen LogP contribution in [0.4, 0.5) is 13.2 Å². The molecule has 21 heavy (non-hydrogen) atoms. The molecule has 0 heterocycles. The van der Waals surface area contributed by atoms with E-state index in [2.05, 4.69) is 10.1 Å². The minimum absolute atomic E-state index is 0.000995. The molecular formula is C13H14F3NO4. The lowest BCUT2D eigenvalue weighted by Gasteiger charge is -2.14. The normalized spacial score (nSPS) is 12.6. The number of halogens is 3. The van der Waals surface area contributed by atoms with Crippen LogP contribution < -0.4 is 10.1 Å². The molecule has 1 aromatic carbocycles. The first-order valence-electron chi connectivity index (χ1n) is 6.06. The van der Waals surface area contributed by atoms with Crippen molar-refractivity contribution in [3.8, 4) is 5.75 Å². The molecule has 1 aromatic rings. The molecule has 1 atom stereocenters. The zero-order valence-electron chi connectivity index (χ0n) is 11.1. The maximum atomic E-state index is 12.1. The topological polar surface area (TPSA) is 75.6 Å². The summed E-state index contributed by atoms with van der Waals surface area (Å²) in [4.78, 5) is 22.2. The monoisotopic (exact) mass is 305 g/mol. The minimum atomic E-state index is -4.83. The first kappa shape index (κ1) is 16.8. The van der Waals surface area contributed by atoms with Crippen molar-refractivity contribution in [2.45, 2.75) is 32.2 Å². The number of carboxylic acid groups (broad SMARTS) is 1. The molecule has 0 aliphatic heterocycles. The minimum Gasteiger partial charge on any atom is -0.481 e. The fourth-order valence-corrected chi connectivity index (χ4v) is 1.55. The molecule has 2 N–H and O–H groups in total. The van der Waals surface area contributed by atoms with Crippen molar-refractivity contribution in [3.63, 3.8) is 0 Å². The van der Waals surface area contributed by atoms with E-state index >= 15 is 0 Å². The van der Waals surface area contributed by atoms with Crippen molar-refractivity contribution >= 4 is 11.9 Å². The molecule has 1 rings (SSSR count). The summed E-state index contributed by atoms with van der Waals surface area (Å²) in [7, 11) is 0. The number of hydrogen-bond donors (Lipinski definition) is 2. The average molecular weight is 305 g/mol. The molecule has 0 saturated heterocycles. The van der Waals surface area contributed by atoms with Crippen LogP contribution in [0.5, 0.6) is 5.75 Å². The number of carbonyl (C=O) groups is 2. The van der Waals surface area contributed by atoms with Gasteiger partial charge in [-0.25, -0.2) is 0 Å². The van der Waals surface area contributed by atoms with Crippen LogP contribution in [-0.4, -0.2) is 29.4 Å². The SMILES string of the molecule is CC(CCC(=O)O)NC(=O)c1cccc(OC(F)(F)F)c1. The second-order valence-electron chi connectivity index (χ2n) is 4.38. The Labute approximate surface area is 118 Å². The number of aliphatic carboxylic acids is 1. The first-order valence-corrected chi connectivity index (χ1v) is 6.06. The number of amides is 1. The van der Waals surface area contributed by atoms with Gasteiger partial charge >= 0.3 is 12.3 Å². The number of hydrogen-bond acceptors (Lipinski definition) is 3. The molecule has 0 aromatic heterocycles. The van der Waals surface area contributed by atoms with Crippen LogP contribution in [0.1, 0.15) is 30.1 Å². The van der Waals surface area contributed by atoms with Crippen LogP contribution in [0.2, 0.25) is 0 Å². The molecule has 1 amide bonds. The highest BCUT2D eigenvalue weighted by molar-refractivity contribution is 5.94. The molecule has 0 saturated carbocycles. The zero-order valence-corrected chi connectivity index (χ0v) is 11.1. The van der Waals surface area contributed by atoms with Crippen LogP contribution in [-0.2, 0) is 4.79 Å². The molecule has 0 bridgehead atoms. The van der Waals surface area contributed by atoms with Crippen LogP contribution >= 0.6 is 0 Å². The fourth-order valence-electron chi connectivity index (χ4n) is 1.55. The lowest BCUT2D eigenvalue weighted by molar-refractivity contribution is -0.274. The predicted molar refractivity (Wildman–Crippen MR) is 66.9 cm³/mol. The Morgan fingerprint density at radius 3 is 2.62 bits per heavy atom. The molecule has 0 spiro atoms. The summed E-state index contributed by atoms with van der Waals surface area (Å²) in [6, 6.07) is 4.23. The highest BCUT2D eigenvalue weighted by Crippen LogP contribution is 2.23. The lowest BCUT2D eigenvalue weighted by atomic mass is 10.1. The number of nitrogens with one attached hydrogen (secondary N) is 1. The number of ether oxygens (including phenoxy) is 1. The van der Waals surface area contributed by atoms with E-state index in [0.29, 0.717) is 0 Å². The molecule has 5 nitrogen and oxygen atoms in total. The van der Waals surface area contributed by atoms with Crippen molar-refractivity contribution in [3.05, 3.63) is 29.8 Å². The van der Waals surface area contributed by atoms with Crippen LogP contribution in [0.3, 0.4) is 0 Å². The summed E-state index contributed by atoms with van der Waals surface area (Å²) in [5.74, 6) is -2.08. The van der Waals surface area contributed by atoms with E-state index in [1.165, 1.54) is 12.1 Å². The van der Waals surface area contributed by atoms with Gasteiger partial charge in [-0.05, 0) is 31.5 Å². The van der Waals surface area contributed by atoms with Crippen molar-refractivity contribution in [1.82, 2.24) is 5.32 Å². The van der Waals surface area contributed by atoms with E-state index in [1.807, 2.05) is 0 Å². The van der Waals surface area contributed by atoms with Crippen LogP contribution in [0.15, 0.2) is 24.3 Å². The Hall–Kier alpha value is -2.25. The molecular weight excluding hydrogens is 291 g/mol. The van der Waals surface area contributed by atoms with Gasteiger partial charge in [-0.15, -0.1) is 13.2 Å². The van der Waals surface area contributed by atoms with Gasteiger partial charge in [0.25, 0.3) is 5.91 Å². The quantitative estimate of drug-likeness (QED) is 0.847. The number of carboxylic acids is 1. The highest BCUT2D eigenvalue weighted by Gasteiger charge is 2.31. The van der Waals surface area contributed by atoms with E-state index in [4.69, 9.17) is 5.11 Å². The average Bonchev–Trinajstić information content (AvgIpc) is 2.34. The van der Waals surface area contributed by atoms with Gasteiger partial charge in [0.05, 0.1) is 0 Å². The summed E-state index contributed by atoms with van der Waals surface area (Å²) in [6.45, 7) is 1.61. The maximum Gasteiger partial charge on any atom is 0.573 e. The molecule has 0 fully saturated rings. The summed E-state index contributed by atoms with van der Waals surface area (Å²) in [5.41, 5.74) is -0.000995. The number of rotatable bonds is 6. The van der Waals surface area contributed by atoms with Gasteiger partial charge in [-0.3, -0.25) is 9.59 Å². The van der Waals surface area contributed by atoms with Crippen molar-refractivity contribution in [1.29, 1.82) is 0 Å². The highest BCUT2D eigenvalue weighted by atomic mass is 19.4. The van der Waals surface area contributed by atoms with E-state index < -0.39 is 30.0 Å². The zero-order chi connectivity index (χ0) is 16.0. The van der Waals surface area contributed by atoms with E-state index in [-0.39, 0.29) is 18.4 Å². The Bertz CT molecular complexity index is 516. The van der Waals surface area contributed by atoms with Gasteiger partial charge in [-0.2, -0.15) is 0 Å². The van der Waals surface area contributed by atoms with Gasteiger partial charge in [0.1, 0.15) is 5.75 Å². The summed E-state index contributed by atoms with van der Waals surface area (Å²) in [6.07, 6.45) is -4.72. The molecule has 1 unspecified atom stereocenters. The largest absolute Gasteiger partial charge is 0.573 e. The van der Waals surface area contributed by atoms with Crippen molar-refractivity contribution in [2.75, 3.05) is 0 Å². The number of benzene rings is 1. The predicted octanol–water partition coefficient (Wildman–Crippen LogP) is 2.57. The van der Waals surface area contributed by atoms with E-state index in [0.717, 1.165) is 12.1 Å². The molecule has 0 aliphatic rings. The van der Waals surface area contributed by atoms with Gasteiger partial charge in [-0.1, -0.05) is 6.07 Å². The van der Waals surface area contributed by atoms with E-state index in [9.17, 15) is 22.8 Å². The van der Waals surface area contributed by atoms with Gasteiger partial charge in [0, 0.05) is 18.0 Å². The lowest BCUT2D eigenvalue weighted by Crippen LogP contribution is -2.33. The van der Waals surface area contributed by atoms with Gasteiger partial charge in [0.15, 0.2) is 0 Å². The third kappa shape index (κ3) is 6.64. The fraction of sp³-hybridized carbons (Fsp3) is 0.385. The van der Waals surface area contributed by atoms with Crippen molar-refractivity contribution < 1.29 is 32.6 Å². The summed E-state index contributed by atoms with van der Waals surface area (Å²) >= 11 is 0. The molecule has 8 heteroatoms. The summed E-state index contributed by atoms with van der Waals surface area (Å²) < 4.78 is 40.0. The van der Waals surface area contributed by atoms with Crippen molar-refractivity contribution in [2.24, 2.45) is 0 Å². The summed E-state index contributed by atoms with van der Waals surface area (Å²) in [5, 5.41) is 11.0. The standard InChI is InChI=1S/C13H14F3NO4/c1-8(5-6-11(18)19)17-12(20)9-3-2-4-10(7-9)21-13(14,15)16/h2-4,7-8H,5-6H2,1H3,(H,17,20)(H,18,19). The third-order valence-electron chi connectivity index (χ3n) is 2.50. The second kappa shape index (κ2) is 6.96. The first-order chi connectivity index (χ1) is 9.67. The molecule has 116 valence electrons. The second-order valence-corrected chi connectivity index (χ2v) is 4.38. The molecule has 0 aliphatic carbocycles. The smallest absolute Gasteiger partial charge is 0.481 e. The third-order valence-corrected chi connectivity index (χ3v) is 2.50. The van der Waals surface area contributed by atoms with Gasteiger partial charge in [0.2, 0.25) is 0 Å². The van der Waals surface area contributed by atoms with E-state index in [1.54, 1.807) is 6.92 Å². The number of carbonyl (C=O) groups excluding carboxylic acids is 1. The van der Waals surface area contributed by atoms with Crippen LogP contribution in [0, 0.1) is 0 Å². The number of alkyl halides is 3.